The number of urea groups is 1. The van der Waals surface area contributed by atoms with E-state index in [9.17, 15) is 9.59 Å². The molecule has 4 rings (SSSR count). The van der Waals surface area contributed by atoms with E-state index < -0.39 is 5.54 Å². The number of likely N-dealkylation sites (tertiary alicyclic amines) is 1. The van der Waals surface area contributed by atoms with Gasteiger partial charge in [0.2, 0.25) is 0 Å². The largest absolute Gasteiger partial charge is 0.327 e. The second kappa shape index (κ2) is 7.24. The van der Waals surface area contributed by atoms with Crippen LogP contribution in [0.2, 0.25) is 0 Å². The molecule has 1 aromatic carbocycles. The van der Waals surface area contributed by atoms with Gasteiger partial charge in [0.25, 0.3) is 5.91 Å². The lowest BCUT2D eigenvalue weighted by molar-refractivity contribution is -0.135. The molecule has 0 radical (unpaired) electrons. The summed E-state index contributed by atoms with van der Waals surface area (Å²) in [7, 11) is 1.81. The molecular formula is C20H27N3O2S. The number of carbonyl (C=O) groups is 2. The molecule has 3 aliphatic rings. The quantitative estimate of drug-likeness (QED) is 0.761. The zero-order valence-corrected chi connectivity index (χ0v) is 16.2. The van der Waals surface area contributed by atoms with Crippen molar-refractivity contribution in [2.45, 2.75) is 37.3 Å². The zero-order chi connectivity index (χ0) is 18.1. The van der Waals surface area contributed by atoms with E-state index in [4.69, 9.17) is 0 Å². The van der Waals surface area contributed by atoms with E-state index in [1.54, 1.807) is 4.90 Å². The van der Waals surface area contributed by atoms with Crippen LogP contribution in [0.1, 0.15) is 24.8 Å². The molecule has 5 nitrogen and oxygen atoms in total. The number of imide groups is 1. The fourth-order valence-electron chi connectivity index (χ4n) is 4.55. The molecule has 6 heteroatoms. The monoisotopic (exact) mass is 373 g/mol. The minimum absolute atomic E-state index is 0.0152. The Labute approximate surface area is 159 Å². The first-order valence-corrected chi connectivity index (χ1v) is 10.7. The van der Waals surface area contributed by atoms with Gasteiger partial charge in [-0.25, -0.2) is 4.79 Å². The van der Waals surface area contributed by atoms with Gasteiger partial charge < -0.3 is 4.90 Å². The van der Waals surface area contributed by atoms with Crippen LogP contribution in [-0.4, -0.2) is 76.4 Å². The van der Waals surface area contributed by atoms with Crippen LogP contribution in [0.4, 0.5) is 4.79 Å². The van der Waals surface area contributed by atoms with Crippen LogP contribution < -0.4 is 0 Å². The maximum absolute atomic E-state index is 13.2. The van der Waals surface area contributed by atoms with Crippen LogP contribution in [0, 0.1) is 0 Å². The van der Waals surface area contributed by atoms with Gasteiger partial charge in [-0.3, -0.25) is 14.6 Å². The molecule has 0 N–H and O–H groups in total. The molecule has 3 saturated heterocycles. The van der Waals surface area contributed by atoms with Crippen LogP contribution in [-0.2, 0) is 11.2 Å². The van der Waals surface area contributed by atoms with Gasteiger partial charge in [-0.15, -0.1) is 0 Å². The summed E-state index contributed by atoms with van der Waals surface area (Å²) in [6.45, 7) is 2.30. The van der Waals surface area contributed by atoms with Gasteiger partial charge in [-0.05, 0) is 37.0 Å². The van der Waals surface area contributed by atoms with E-state index in [0.717, 1.165) is 31.5 Å². The molecular weight excluding hydrogens is 346 g/mol. The van der Waals surface area contributed by atoms with Gasteiger partial charge in [-0.2, -0.15) is 11.8 Å². The Morgan fingerprint density at radius 3 is 2.54 bits per heavy atom. The first-order valence-electron chi connectivity index (χ1n) is 9.57. The van der Waals surface area contributed by atoms with E-state index in [0.29, 0.717) is 19.0 Å². The predicted octanol–water partition coefficient (Wildman–Crippen LogP) is 2.46. The Morgan fingerprint density at radius 1 is 1.15 bits per heavy atom. The van der Waals surface area contributed by atoms with Crippen molar-refractivity contribution in [3.8, 4) is 0 Å². The minimum atomic E-state index is -0.615. The Bertz CT molecular complexity index is 667. The third-order valence-corrected chi connectivity index (χ3v) is 7.46. The highest BCUT2D eigenvalue weighted by molar-refractivity contribution is 7.99. The molecule has 0 bridgehead atoms. The van der Waals surface area contributed by atoms with Gasteiger partial charge in [0.05, 0.1) is 0 Å². The fourth-order valence-corrected chi connectivity index (χ4v) is 5.80. The van der Waals surface area contributed by atoms with Crippen molar-refractivity contribution in [2.24, 2.45) is 0 Å². The standard InChI is InChI=1S/C20H27N3O2S/c1-21-19(25)23(11-7-16-5-3-2-4-6-16)18(24)20(21)9-12-22(13-10-20)17-8-14-26-15-17/h2-6,17H,7-15H2,1H3/t17-/m1/s1. The third kappa shape index (κ3) is 3.03. The highest BCUT2D eigenvalue weighted by atomic mass is 32.2. The zero-order valence-electron chi connectivity index (χ0n) is 15.4. The number of hydrogen-bond acceptors (Lipinski definition) is 4. The first-order chi connectivity index (χ1) is 12.6. The summed E-state index contributed by atoms with van der Waals surface area (Å²) in [6, 6.07) is 10.6. The summed E-state index contributed by atoms with van der Waals surface area (Å²) < 4.78 is 0. The normalized spacial score (nSPS) is 26.3. The van der Waals surface area contributed by atoms with Gasteiger partial charge >= 0.3 is 6.03 Å². The highest BCUT2D eigenvalue weighted by Gasteiger charge is 2.56. The average Bonchev–Trinajstić information content (AvgIpc) is 3.27. The van der Waals surface area contributed by atoms with Crippen molar-refractivity contribution in [3.05, 3.63) is 35.9 Å². The molecule has 3 aliphatic heterocycles. The molecule has 3 fully saturated rings. The second-order valence-corrected chi connectivity index (χ2v) is 8.77. The molecule has 140 valence electrons. The highest BCUT2D eigenvalue weighted by Crippen LogP contribution is 2.37. The lowest BCUT2D eigenvalue weighted by Crippen LogP contribution is -2.57. The molecule has 1 aromatic rings. The predicted molar refractivity (Wildman–Crippen MR) is 104 cm³/mol. The molecule has 1 spiro atoms. The maximum Gasteiger partial charge on any atom is 0.327 e. The van der Waals surface area contributed by atoms with Gasteiger partial charge in [0, 0.05) is 38.5 Å². The Balaban J connectivity index is 1.42. The van der Waals surface area contributed by atoms with Crippen LogP contribution in [0.5, 0.6) is 0 Å². The fraction of sp³-hybridized carbons (Fsp3) is 0.600. The van der Waals surface area contributed by atoms with E-state index in [-0.39, 0.29) is 11.9 Å². The SMILES string of the molecule is CN1C(=O)N(CCc2ccccc2)C(=O)C12CCN([C@@H]1CCSC1)CC2. The maximum atomic E-state index is 13.2. The Kier molecular flexibility index (Phi) is 4.97. The number of likely N-dealkylation sites (N-methyl/N-ethyl adjacent to an activating group) is 1. The topological polar surface area (TPSA) is 43.9 Å². The van der Waals surface area contributed by atoms with Gasteiger partial charge in [-0.1, -0.05) is 30.3 Å². The molecule has 3 amide bonds. The number of carbonyl (C=O) groups excluding carboxylic acids is 2. The van der Waals surface area contributed by atoms with Crippen LogP contribution in [0.15, 0.2) is 30.3 Å². The minimum Gasteiger partial charge on any atom is -0.312 e. The van der Waals surface area contributed by atoms with E-state index >= 15 is 0 Å². The van der Waals surface area contributed by atoms with E-state index in [1.807, 2.05) is 49.1 Å². The number of hydrogen-bond donors (Lipinski definition) is 0. The number of thioether (sulfide) groups is 1. The summed E-state index contributed by atoms with van der Waals surface area (Å²) in [4.78, 5) is 31.7. The smallest absolute Gasteiger partial charge is 0.312 e. The number of piperidine rings is 1. The average molecular weight is 374 g/mol. The summed E-state index contributed by atoms with van der Waals surface area (Å²) in [5.41, 5.74) is 0.543. The van der Waals surface area contributed by atoms with Crippen LogP contribution in [0.3, 0.4) is 0 Å². The van der Waals surface area contributed by atoms with Gasteiger partial charge in [0.1, 0.15) is 5.54 Å². The third-order valence-electron chi connectivity index (χ3n) is 6.32. The van der Waals surface area contributed by atoms with Crippen molar-refractivity contribution in [3.63, 3.8) is 0 Å². The van der Waals surface area contributed by atoms with E-state index in [1.165, 1.54) is 22.8 Å². The van der Waals surface area contributed by atoms with Crippen molar-refractivity contribution < 1.29 is 9.59 Å². The van der Waals surface area contributed by atoms with E-state index in [2.05, 4.69) is 4.90 Å². The number of nitrogens with zero attached hydrogens (tertiary/aromatic N) is 3. The second-order valence-electron chi connectivity index (χ2n) is 7.62. The van der Waals surface area contributed by atoms with Crippen molar-refractivity contribution in [1.82, 2.24) is 14.7 Å². The molecule has 3 heterocycles. The molecule has 0 unspecified atom stereocenters. The summed E-state index contributed by atoms with van der Waals surface area (Å²) in [5.74, 6) is 2.47. The summed E-state index contributed by atoms with van der Waals surface area (Å²) in [6.07, 6.45) is 3.49. The Morgan fingerprint density at radius 2 is 1.88 bits per heavy atom. The molecule has 1 atom stereocenters. The van der Waals surface area contributed by atoms with Gasteiger partial charge in [0.15, 0.2) is 0 Å². The first kappa shape index (κ1) is 17.9. The summed E-state index contributed by atoms with van der Waals surface area (Å²) in [5, 5.41) is 0. The number of benzene rings is 1. The molecule has 0 aliphatic carbocycles. The van der Waals surface area contributed by atoms with Crippen LogP contribution >= 0.6 is 11.8 Å². The lowest BCUT2D eigenvalue weighted by atomic mass is 9.85. The Hall–Kier alpha value is -1.53. The summed E-state index contributed by atoms with van der Waals surface area (Å²) >= 11 is 2.02. The van der Waals surface area contributed by atoms with Crippen molar-refractivity contribution in [1.29, 1.82) is 0 Å². The van der Waals surface area contributed by atoms with Crippen molar-refractivity contribution >= 4 is 23.7 Å². The number of rotatable bonds is 4. The molecule has 26 heavy (non-hydrogen) atoms. The number of amides is 3. The molecule has 0 aromatic heterocycles. The lowest BCUT2D eigenvalue weighted by Gasteiger charge is -2.42. The van der Waals surface area contributed by atoms with Crippen LogP contribution in [0.25, 0.3) is 0 Å². The van der Waals surface area contributed by atoms with Crippen molar-refractivity contribution in [2.75, 3.05) is 38.2 Å². The molecule has 0 saturated carbocycles.